The Morgan fingerprint density at radius 1 is 1.27 bits per heavy atom. The molecule has 1 aromatic heterocycles. The second kappa shape index (κ2) is 4.18. The van der Waals surface area contributed by atoms with Gasteiger partial charge in [0, 0.05) is 12.0 Å². The van der Waals surface area contributed by atoms with E-state index in [1.807, 2.05) is 0 Å². The molecule has 0 aliphatic carbocycles. The average molecular weight is 207 g/mol. The number of nitrogens with two attached hydrogens (primary N) is 1. The zero-order valence-corrected chi connectivity index (χ0v) is 7.98. The lowest BCUT2D eigenvalue weighted by atomic mass is 10.2. The van der Waals surface area contributed by atoms with Gasteiger partial charge in [0.1, 0.15) is 5.82 Å². The Balaban J connectivity index is 2.25. The van der Waals surface area contributed by atoms with Crippen molar-refractivity contribution < 1.29 is 8.91 Å². The molecule has 0 spiro atoms. The van der Waals surface area contributed by atoms with Crippen LogP contribution in [0.5, 0.6) is 0 Å². The van der Waals surface area contributed by atoms with E-state index in [0.717, 1.165) is 0 Å². The van der Waals surface area contributed by atoms with Crippen molar-refractivity contribution in [2.75, 3.05) is 6.54 Å². The van der Waals surface area contributed by atoms with Crippen LogP contribution in [0.3, 0.4) is 0 Å². The van der Waals surface area contributed by atoms with Gasteiger partial charge < -0.3 is 10.3 Å². The predicted octanol–water partition coefficient (Wildman–Crippen LogP) is 1.38. The van der Waals surface area contributed by atoms with E-state index in [2.05, 4.69) is 10.1 Å². The van der Waals surface area contributed by atoms with Gasteiger partial charge in [0.25, 0.3) is 5.89 Å². The molecule has 0 unspecified atom stereocenters. The van der Waals surface area contributed by atoms with Gasteiger partial charge in [-0.1, -0.05) is 5.16 Å². The molecule has 15 heavy (non-hydrogen) atoms. The number of benzene rings is 1. The highest BCUT2D eigenvalue weighted by Gasteiger charge is 2.07. The summed E-state index contributed by atoms with van der Waals surface area (Å²) in [5.41, 5.74) is 6.06. The number of hydrogen-bond acceptors (Lipinski definition) is 4. The third-order valence-corrected chi connectivity index (χ3v) is 1.93. The minimum absolute atomic E-state index is 0.291. The van der Waals surface area contributed by atoms with E-state index >= 15 is 0 Å². The summed E-state index contributed by atoms with van der Waals surface area (Å²) < 4.78 is 17.6. The highest BCUT2D eigenvalue weighted by molar-refractivity contribution is 5.52. The van der Waals surface area contributed by atoms with Crippen LogP contribution in [0.4, 0.5) is 4.39 Å². The molecule has 0 atom stereocenters. The standard InChI is InChI=1S/C10H10FN3O/c11-8-3-1-7(2-4-8)10-13-9(5-6-12)14-15-10/h1-4H,5-6,12H2. The van der Waals surface area contributed by atoms with Crippen molar-refractivity contribution in [2.45, 2.75) is 6.42 Å². The Bertz CT molecular complexity index is 438. The molecule has 0 radical (unpaired) electrons. The number of nitrogens with zero attached hydrogens (tertiary/aromatic N) is 2. The van der Waals surface area contributed by atoms with E-state index in [1.165, 1.54) is 12.1 Å². The molecule has 0 bridgehead atoms. The van der Waals surface area contributed by atoms with Gasteiger partial charge in [-0.25, -0.2) is 4.39 Å². The highest BCUT2D eigenvalue weighted by atomic mass is 19.1. The minimum atomic E-state index is -0.291. The lowest BCUT2D eigenvalue weighted by Gasteiger charge is -1.92. The Morgan fingerprint density at radius 2 is 2.00 bits per heavy atom. The number of rotatable bonds is 3. The van der Waals surface area contributed by atoms with Gasteiger partial charge >= 0.3 is 0 Å². The molecule has 4 nitrogen and oxygen atoms in total. The minimum Gasteiger partial charge on any atom is -0.334 e. The first-order valence-corrected chi connectivity index (χ1v) is 4.58. The van der Waals surface area contributed by atoms with E-state index in [1.54, 1.807) is 12.1 Å². The second-order valence-electron chi connectivity index (χ2n) is 3.06. The van der Waals surface area contributed by atoms with E-state index in [4.69, 9.17) is 10.3 Å². The number of hydrogen-bond donors (Lipinski definition) is 1. The predicted molar refractivity (Wildman–Crippen MR) is 52.5 cm³/mol. The molecule has 0 aliphatic rings. The monoisotopic (exact) mass is 207 g/mol. The summed E-state index contributed by atoms with van der Waals surface area (Å²) in [5.74, 6) is 0.663. The fraction of sp³-hybridized carbons (Fsp3) is 0.200. The molecule has 2 rings (SSSR count). The number of aromatic nitrogens is 2. The van der Waals surface area contributed by atoms with Gasteiger partial charge in [0.05, 0.1) is 0 Å². The van der Waals surface area contributed by atoms with Gasteiger partial charge in [-0.05, 0) is 30.8 Å². The van der Waals surface area contributed by atoms with Crippen LogP contribution >= 0.6 is 0 Å². The average Bonchev–Trinajstić information content (AvgIpc) is 2.68. The van der Waals surface area contributed by atoms with Crippen molar-refractivity contribution >= 4 is 0 Å². The maximum atomic E-state index is 12.6. The van der Waals surface area contributed by atoms with Crippen LogP contribution in [0.15, 0.2) is 28.8 Å². The van der Waals surface area contributed by atoms with E-state index in [-0.39, 0.29) is 5.82 Å². The molecular weight excluding hydrogens is 197 g/mol. The van der Waals surface area contributed by atoms with Crippen molar-refractivity contribution in [3.63, 3.8) is 0 Å². The molecule has 0 aliphatic heterocycles. The van der Waals surface area contributed by atoms with Crippen molar-refractivity contribution in [1.29, 1.82) is 0 Å². The summed E-state index contributed by atoms with van der Waals surface area (Å²) in [5, 5.41) is 3.74. The van der Waals surface area contributed by atoms with Crippen LogP contribution in [0.2, 0.25) is 0 Å². The maximum Gasteiger partial charge on any atom is 0.257 e. The SMILES string of the molecule is NCCc1noc(-c2ccc(F)cc2)n1. The Hall–Kier alpha value is -1.75. The van der Waals surface area contributed by atoms with Crippen LogP contribution in [0.1, 0.15) is 5.82 Å². The van der Waals surface area contributed by atoms with Crippen LogP contribution in [-0.4, -0.2) is 16.7 Å². The first-order chi connectivity index (χ1) is 7.29. The zero-order chi connectivity index (χ0) is 10.7. The summed E-state index contributed by atoms with van der Waals surface area (Å²) in [6.07, 6.45) is 0.574. The van der Waals surface area contributed by atoms with Crippen molar-refractivity contribution in [3.8, 4) is 11.5 Å². The first kappa shape index (κ1) is 9.79. The van der Waals surface area contributed by atoms with E-state index < -0.39 is 0 Å². The van der Waals surface area contributed by atoms with Crippen LogP contribution < -0.4 is 5.73 Å². The third-order valence-electron chi connectivity index (χ3n) is 1.93. The largest absolute Gasteiger partial charge is 0.334 e. The molecule has 0 amide bonds. The van der Waals surface area contributed by atoms with Gasteiger partial charge in [0.2, 0.25) is 0 Å². The lowest BCUT2D eigenvalue weighted by molar-refractivity contribution is 0.422. The molecule has 5 heteroatoms. The number of halogens is 1. The molecule has 0 fully saturated rings. The molecule has 1 aromatic carbocycles. The van der Waals surface area contributed by atoms with Crippen molar-refractivity contribution in [3.05, 3.63) is 35.9 Å². The summed E-state index contributed by atoms with van der Waals surface area (Å²) >= 11 is 0. The van der Waals surface area contributed by atoms with Crippen LogP contribution in [0.25, 0.3) is 11.5 Å². The topological polar surface area (TPSA) is 64.9 Å². The van der Waals surface area contributed by atoms with Gasteiger partial charge in [-0.15, -0.1) is 0 Å². The van der Waals surface area contributed by atoms with Crippen LogP contribution in [0, 0.1) is 5.82 Å². The Morgan fingerprint density at radius 3 is 2.67 bits per heavy atom. The lowest BCUT2D eigenvalue weighted by Crippen LogP contribution is -2.03. The third kappa shape index (κ3) is 2.19. The molecule has 2 aromatic rings. The quantitative estimate of drug-likeness (QED) is 0.825. The highest BCUT2D eigenvalue weighted by Crippen LogP contribution is 2.17. The summed E-state index contributed by atoms with van der Waals surface area (Å²) in [6.45, 7) is 0.475. The summed E-state index contributed by atoms with van der Waals surface area (Å²) in [6, 6.07) is 5.88. The van der Waals surface area contributed by atoms with E-state index in [9.17, 15) is 4.39 Å². The van der Waals surface area contributed by atoms with E-state index in [0.29, 0.717) is 30.2 Å². The van der Waals surface area contributed by atoms with Crippen LogP contribution in [-0.2, 0) is 6.42 Å². The zero-order valence-electron chi connectivity index (χ0n) is 7.98. The maximum absolute atomic E-state index is 12.6. The first-order valence-electron chi connectivity index (χ1n) is 4.58. The van der Waals surface area contributed by atoms with Gasteiger partial charge in [-0.3, -0.25) is 0 Å². The summed E-state index contributed by atoms with van der Waals surface area (Å²) in [4.78, 5) is 4.12. The van der Waals surface area contributed by atoms with Gasteiger partial charge in [-0.2, -0.15) is 4.98 Å². The molecular formula is C10H10FN3O. The molecule has 1 heterocycles. The summed E-state index contributed by atoms with van der Waals surface area (Å²) in [7, 11) is 0. The Kier molecular flexibility index (Phi) is 2.73. The Labute approximate surface area is 85.9 Å². The fourth-order valence-corrected chi connectivity index (χ4v) is 1.19. The molecule has 0 saturated heterocycles. The fourth-order valence-electron chi connectivity index (χ4n) is 1.19. The normalized spacial score (nSPS) is 10.5. The second-order valence-corrected chi connectivity index (χ2v) is 3.06. The van der Waals surface area contributed by atoms with Crippen molar-refractivity contribution in [1.82, 2.24) is 10.1 Å². The molecule has 2 N–H and O–H groups in total. The molecule has 78 valence electrons. The van der Waals surface area contributed by atoms with Gasteiger partial charge in [0.15, 0.2) is 5.82 Å². The molecule has 0 saturated carbocycles. The van der Waals surface area contributed by atoms with Crippen molar-refractivity contribution in [2.24, 2.45) is 5.73 Å². The smallest absolute Gasteiger partial charge is 0.257 e.